The Labute approximate surface area is 204 Å². The molecule has 2 aromatic heterocycles. The summed E-state index contributed by atoms with van der Waals surface area (Å²) in [4.78, 5) is 21.8. The molecule has 0 aliphatic heterocycles. The smallest absolute Gasteiger partial charge is 0.291 e. The van der Waals surface area contributed by atoms with Crippen LogP contribution in [0.2, 0.25) is 0 Å². The molecular weight excluding hydrogens is 442 g/mol. The van der Waals surface area contributed by atoms with E-state index >= 15 is 0 Å². The number of nitriles is 1. The molecule has 1 aliphatic carbocycles. The van der Waals surface area contributed by atoms with Gasteiger partial charge in [-0.2, -0.15) is 10.5 Å². The molecule has 0 radical (unpaired) electrons. The fourth-order valence-corrected chi connectivity index (χ4v) is 4.30. The molecule has 1 amide bonds. The average Bonchev–Trinajstić information content (AvgIpc) is 3.52. The number of allylic oxidation sites excluding steroid dienone is 2. The number of hydrogen-bond acceptors (Lipinski definition) is 7. The molecule has 1 aliphatic rings. The van der Waals surface area contributed by atoms with Crippen molar-refractivity contribution in [3.8, 4) is 6.07 Å². The number of aromatic amines is 2. The van der Waals surface area contributed by atoms with E-state index in [1.54, 1.807) is 0 Å². The molecule has 3 aromatic rings. The molecule has 4 rings (SSSR count). The second-order valence-electron chi connectivity index (χ2n) is 10.0. The monoisotopic (exact) mass is 473 g/mol. The molecule has 35 heavy (non-hydrogen) atoms. The molecule has 1 unspecified atom stereocenters. The van der Waals surface area contributed by atoms with Crippen molar-refractivity contribution in [2.24, 2.45) is 5.41 Å². The summed E-state index contributed by atoms with van der Waals surface area (Å²) in [5.74, 6) is 0.321. The number of carbonyl (C=O) groups is 1. The van der Waals surface area contributed by atoms with E-state index in [9.17, 15) is 4.79 Å². The van der Waals surface area contributed by atoms with Gasteiger partial charge in [0, 0.05) is 17.2 Å². The number of imidazole rings is 1. The molecule has 0 saturated heterocycles. The lowest BCUT2D eigenvalue weighted by Crippen LogP contribution is -2.19. The molecule has 0 fully saturated rings. The number of H-pyrrole nitrogens is 2. The van der Waals surface area contributed by atoms with Gasteiger partial charge in [0.2, 0.25) is 0 Å². The zero-order valence-electron chi connectivity index (χ0n) is 20.6. The average molecular weight is 474 g/mol. The lowest BCUT2D eigenvalue weighted by atomic mass is 9.76. The standard InChI is InChI=1S/C25H31N9O/c1-25(2)10-7-16(8-11-25)20-13-17(19(9-12-34(3)4)22-30-32-33-31-22)5-6-21(20)29-24(35)23-27-15-18(14-26)28-23/h5-7,13,15,19H,8-12H2,1-4H3,(H,27,28)(H,29,35)(H,30,31,32,33). The Bertz CT molecular complexity index is 1250. The quantitative estimate of drug-likeness (QED) is 0.453. The summed E-state index contributed by atoms with van der Waals surface area (Å²) >= 11 is 0. The highest BCUT2D eigenvalue weighted by molar-refractivity contribution is 6.03. The Morgan fingerprint density at radius 3 is 2.80 bits per heavy atom. The lowest BCUT2D eigenvalue weighted by Gasteiger charge is -2.30. The van der Waals surface area contributed by atoms with Gasteiger partial charge < -0.3 is 15.2 Å². The zero-order valence-corrected chi connectivity index (χ0v) is 20.6. The van der Waals surface area contributed by atoms with Crippen molar-refractivity contribution >= 4 is 17.2 Å². The van der Waals surface area contributed by atoms with Crippen LogP contribution in [0, 0.1) is 16.7 Å². The third-order valence-corrected chi connectivity index (χ3v) is 6.46. The largest absolute Gasteiger partial charge is 0.326 e. The number of hydrogen-bond donors (Lipinski definition) is 3. The highest BCUT2D eigenvalue weighted by atomic mass is 16.2. The van der Waals surface area contributed by atoms with Gasteiger partial charge in [-0.15, -0.1) is 10.2 Å². The predicted molar refractivity (Wildman–Crippen MR) is 132 cm³/mol. The second kappa shape index (κ2) is 10.2. The summed E-state index contributed by atoms with van der Waals surface area (Å²) in [6.07, 6.45) is 7.41. The van der Waals surface area contributed by atoms with Gasteiger partial charge in [-0.1, -0.05) is 31.2 Å². The number of carbonyl (C=O) groups excluding carboxylic acids is 1. The van der Waals surface area contributed by atoms with Crippen molar-refractivity contribution in [2.45, 2.75) is 45.4 Å². The molecule has 1 aromatic carbocycles. The maximum atomic E-state index is 12.9. The number of benzene rings is 1. The van der Waals surface area contributed by atoms with Gasteiger partial charge in [-0.05, 0) is 75.0 Å². The number of amides is 1. The Hall–Kier alpha value is -3.84. The first kappa shape index (κ1) is 24.3. The van der Waals surface area contributed by atoms with Gasteiger partial charge in [0.1, 0.15) is 11.8 Å². The van der Waals surface area contributed by atoms with Crippen LogP contribution in [0.4, 0.5) is 5.69 Å². The fourth-order valence-electron chi connectivity index (χ4n) is 4.30. The van der Waals surface area contributed by atoms with Gasteiger partial charge in [0.05, 0.1) is 6.20 Å². The fraction of sp³-hybridized carbons (Fsp3) is 0.440. The van der Waals surface area contributed by atoms with Crippen LogP contribution >= 0.6 is 0 Å². The third kappa shape index (κ3) is 5.81. The van der Waals surface area contributed by atoms with Crippen molar-refractivity contribution in [1.82, 2.24) is 35.5 Å². The normalized spacial score (nSPS) is 15.9. The highest BCUT2D eigenvalue weighted by Crippen LogP contribution is 2.41. The minimum Gasteiger partial charge on any atom is -0.326 e. The van der Waals surface area contributed by atoms with Gasteiger partial charge in [0.25, 0.3) is 5.91 Å². The number of nitrogens with one attached hydrogen (secondary N) is 3. The Morgan fingerprint density at radius 2 is 2.17 bits per heavy atom. The van der Waals surface area contributed by atoms with Gasteiger partial charge in [-0.25, -0.2) is 4.98 Å². The van der Waals surface area contributed by atoms with Crippen LogP contribution in [-0.2, 0) is 0 Å². The van der Waals surface area contributed by atoms with E-state index in [0.717, 1.165) is 43.4 Å². The van der Waals surface area contributed by atoms with Crippen molar-refractivity contribution in [1.29, 1.82) is 5.26 Å². The summed E-state index contributed by atoms with van der Waals surface area (Å²) < 4.78 is 0. The van der Waals surface area contributed by atoms with Crippen LogP contribution in [0.15, 0.2) is 30.5 Å². The molecule has 1 atom stereocenters. The van der Waals surface area contributed by atoms with E-state index in [1.807, 2.05) is 32.3 Å². The highest BCUT2D eigenvalue weighted by Gasteiger charge is 2.26. The van der Waals surface area contributed by atoms with Gasteiger partial charge in [0.15, 0.2) is 11.6 Å². The molecule has 10 nitrogen and oxygen atoms in total. The van der Waals surface area contributed by atoms with Crippen molar-refractivity contribution < 1.29 is 4.79 Å². The first-order valence-electron chi connectivity index (χ1n) is 11.7. The van der Waals surface area contributed by atoms with E-state index < -0.39 is 0 Å². The minimum absolute atomic E-state index is 0.0384. The Balaban J connectivity index is 1.71. The second-order valence-corrected chi connectivity index (χ2v) is 10.0. The van der Waals surface area contributed by atoms with E-state index in [0.29, 0.717) is 11.5 Å². The summed E-state index contributed by atoms with van der Waals surface area (Å²) in [5.41, 5.74) is 4.46. The van der Waals surface area contributed by atoms with Crippen LogP contribution in [0.5, 0.6) is 0 Å². The van der Waals surface area contributed by atoms with Crippen LogP contribution in [0.25, 0.3) is 5.57 Å². The SMILES string of the molecule is CN(C)CCC(c1ccc(NC(=O)c2ncc(C#N)[nH]2)c(C2=CCC(C)(C)CC2)c1)c1nn[nH]n1. The molecule has 0 spiro atoms. The molecule has 0 saturated carbocycles. The maximum absolute atomic E-state index is 12.9. The van der Waals surface area contributed by atoms with Crippen molar-refractivity contribution in [3.05, 3.63) is 58.9 Å². The minimum atomic E-state index is -0.389. The molecule has 3 N–H and O–H groups in total. The van der Waals surface area contributed by atoms with Crippen molar-refractivity contribution in [2.75, 3.05) is 26.0 Å². The van der Waals surface area contributed by atoms with Crippen LogP contribution in [0.1, 0.15) is 78.7 Å². The predicted octanol–water partition coefficient (Wildman–Crippen LogP) is 3.72. The molecule has 182 valence electrons. The maximum Gasteiger partial charge on any atom is 0.291 e. The van der Waals surface area contributed by atoms with Crippen LogP contribution in [-0.4, -0.2) is 62.0 Å². The topological polar surface area (TPSA) is 139 Å². The molecule has 2 heterocycles. The van der Waals surface area contributed by atoms with E-state index in [2.05, 4.69) is 66.8 Å². The molecule has 0 bridgehead atoms. The number of rotatable bonds is 8. The first-order valence-corrected chi connectivity index (χ1v) is 11.7. The van der Waals surface area contributed by atoms with E-state index in [1.165, 1.54) is 11.8 Å². The Morgan fingerprint density at radius 1 is 1.34 bits per heavy atom. The van der Waals surface area contributed by atoms with Crippen molar-refractivity contribution in [3.63, 3.8) is 0 Å². The van der Waals surface area contributed by atoms with Gasteiger partial charge in [-0.3, -0.25) is 4.79 Å². The lowest BCUT2D eigenvalue weighted by molar-refractivity contribution is 0.101. The zero-order chi connectivity index (χ0) is 25.0. The van der Waals surface area contributed by atoms with Crippen LogP contribution < -0.4 is 5.32 Å². The molecular formula is C25H31N9O. The third-order valence-electron chi connectivity index (χ3n) is 6.46. The number of nitrogens with zero attached hydrogens (tertiary/aromatic N) is 6. The van der Waals surface area contributed by atoms with E-state index in [-0.39, 0.29) is 28.8 Å². The summed E-state index contributed by atoms with van der Waals surface area (Å²) in [6, 6.07) is 8.03. The summed E-state index contributed by atoms with van der Waals surface area (Å²) in [6.45, 7) is 5.41. The summed E-state index contributed by atoms with van der Waals surface area (Å²) in [5, 5.41) is 26.9. The van der Waals surface area contributed by atoms with Gasteiger partial charge >= 0.3 is 0 Å². The number of aromatic nitrogens is 6. The summed E-state index contributed by atoms with van der Waals surface area (Å²) in [7, 11) is 4.08. The molecule has 10 heteroatoms. The number of anilines is 1. The Kier molecular flexibility index (Phi) is 7.07. The van der Waals surface area contributed by atoms with Crippen LogP contribution in [0.3, 0.4) is 0 Å². The van der Waals surface area contributed by atoms with E-state index in [4.69, 9.17) is 5.26 Å². The number of tetrazole rings is 1. The first-order chi connectivity index (χ1) is 16.8.